The third-order valence-corrected chi connectivity index (χ3v) is 8.59. The van der Waals surface area contributed by atoms with E-state index in [1.807, 2.05) is 80.2 Å². The van der Waals surface area contributed by atoms with Gasteiger partial charge in [0.2, 0.25) is 5.91 Å². The van der Waals surface area contributed by atoms with Crippen molar-refractivity contribution in [2.45, 2.75) is 51.1 Å². The molecule has 6 rings (SSSR count). The van der Waals surface area contributed by atoms with Crippen molar-refractivity contribution in [3.8, 4) is 17.2 Å². The van der Waals surface area contributed by atoms with Gasteiger partial charge in [0, 0.05) is 49.7 Å². The third-order valence-electron chi connectivity index (χ3n) is 8.59. The summed E-state index contributed by atoms with van der Waals surface area (Å²) in [6.45, 7) is 0.887. The molecule has 2 N–H and O–H groups in total. The predicted molar refractivity (Wildman–Crippen MR) is 173 cm³/mol. The fourth-order valence-corrected chi connectivity index (χ4v) is 6.13. The molecule has 1 amide bonds. The molecule has 0 saturated heterocycles. The molecule has 11 nitrogen and oxygen atoms in total. The molecular weight excluding hydrogens is 576 g/mol. The van der Waals surface area contributed by atoms with Crippen molar-refractivity contribution in [1.82, 2.24) is 40.2 Å². The smallest absolute Gasteiger partial charge is 0.229 e. The Morgan fingerprint density at radius 3 is 2.52 bits per heavy atom. The number of benzene rings is 1. The van der Waals surface area contributed by atoms with E-state index in [2.05, 4.69) is 37.0 Å². The number of pyridine rings is 1. The monoisotopic (exact) mass is 612 g/mol. The summed E-state index contributed by atoms with van der Waals surface area (Å²) >= 11 is 0. The lowest BCUT2D eigenvalue weighted by Crippen LogP contribution is -2.35. The van der Waals surface area contributed by atoms with E-state index in [0.717, 1.165) is 53.8 Å². The second-order valence-corrected chi connectivity index (χ2v) is 11.8. The summed E-state index contributed by atoms with van der Waals surface area (Å²) in [5.74, 6) is 1.40. The van der Waals surface area contributed by atoms with Crippen molar-refractivity contribution in [3.05, 3.63) is 114 Å². The number of rotatable bonds is 11. The van der Waals surface area contributed by atoms with Gasteiger partial charge in [0.05, 0.1) is 36.2 Å². The van der Waals surface area contributed by atoms with Crippen LogP contribution in [0.5, 0.6) is 0 Å². The molecule has 232 valence electrons. The Labute approximate surface area is 268 Å². The van der Waals surface area contributed by atoms with Crippen LogP contribution >= 0.6 is 0 Å². The van der Waals surface area contributed by atoms with Crippen molar-refractivity contribution >= 4 is 11.7 Å². The van der Waals surface area contributed by atoms with Gasteiger partial charge in [0.25, 0.3) is 0 Å². The van der Waals surface area contributed by atoms with E-state index < -0.39 is 0 Å². The summed E-state index contributed by atoms with van der Waals surface area (Å²) in [4.78, 5) is 27.8. The molecule has 1 atom stereocenters. The molecule has 1 fully saturated rings. The lowest BCUT2D eigenvalue weighted by molar-refractivity contribution is -0.124. The van der Waals surface area contributed by atoms with Crippen LogP contribution in [0.4, 0.5) is 5.82 Å². The second kappa shape index (κ2) is 14.5. The van der Waals surface area contributed by atoms with Crippen LogP contribution in [0.1, 0.15) is 59.9 Å². The van der Waals surface area contributed by atoms with Crippen LogP contribution in [0.2, 0.25) is 0 Å². The predicted octanol–water partition coefficient (Wildman–Crippen LogP) is 4.99. The number of nitrogens with zero attached hydrogens (tertiary/aromatic N) is 8. The van der Waals surface area contributed by atoms with Gasteiger partial charge in [-0.2, -0.15) is 20.6 Å². The summed E-state index contributed by atoms with van der Waals surface area (Å²) in [6.07, 6.45) is 13.2. The Morgan fingerprint density at radius 2 is 1.83 bits per heavy atom. The topological polar surface area (TPSA) is 147 Å². The van der Waals surface area contributed by atoms with Crippen molar-refractivity contribution in [3.63, 3.8) is 0 Å². The average Bonchev–Trinajstić information content (AvgIpc) is 3.54. The van der Waals surface area contributed by atoms with Crippen LogP contribution in [0.25, 0.3) is 11.1 Å². The molecule has 5 aromatic rings. The van der Waals surface area contributed by atoms with Crippen LogP contribution in [-0.4, -0.2) is 40.8 Å². The molecule has 4 heterocycles. The molecule has 0 spiro atoms. The number of carbonyl (C=O) groups excluding carboxylic acids is 1. The fraction of sp³-hybridized carbons (Fsp3) is 0.314. The number of hydrogen-bond donors (Lipinski definition) is 2. The highest BCUT2D eigenvalue weighted by atomic mass is 16.1. The minimum atomic E-state index is -0.351. The Balaban J connectivity index is 1.13. The number of carbonyl (C=O) groups is 1. The Hall–Kier alpha value is -5.50. The summed E-state index contributed by atoms with van der Waals surface area (Å²) in [7, 11) is 1.89. The molecule has 0 bridgehead atoms. The van der Waals surface area contributed by atoms with Crippen molar-refractivity contribution < 1.29 is 4.79 Å². The standard InChI is InChI=1S/C35H36N10O/c1-45-23-29(21-42-45)27-13-14-31(37-19-27)33(35(46)40-18-25-6-3-2-4-7-25)26-11-9-24(10-12-26)16-32-38-20-28(17-36)34(43-32)39-22-30-8-5-15-41-44-30/h2-8,13-15,19-21,23-24,26,33H,9-12,16,18,22H2,1H3,(H,40,46)(H,38,39,43)/t24-,26-,33?. The first kappa shape index (κ1) is 30.5. The van der Waals surface area contributed by atoms with E-state index in [1.165, 1.54) is 0 Å². The van der Waals surface area contributed by atoms with Gasteiger partial charge in [-0.25, -0.2) is 9.97 Å². The van der Waals surface area contributed by atoms with Gasteiger partial charge in [-0.3, -0.25) is 14.5 Å². The Morgan fingerprint density at radius 1 is 0.978 bits per heavy atom. The van der Waals surface area contributed by atoms with Gasteiger partial charge in [0.1, 0.15) is 23.3 Å². The largest absolute Gasteiger partial charge is 0.363 e. The summed E-state index contributed by atoms with van der Waals surface area (Å²) in [5.41, 5.74) is 4.96. The second-order valence-electron chi connectivity index (χ2n) is 11.8. The van der Waals surface area contributed by atoms with E-state index in [1.54, 1.807) is 17.1 Å². The third kappa shape index (κ3) is 7.58. The normalized spacial score (nSPS) is 16.7. The first-order valence-corrected chi connectivity index (χ1v) is 15.6. The summed E-state index contributed by atoms with van der Waals surface area (Å²) in [6, 6.07) is 19.8. The molecule has 4 aromatic heterocycles. The van der Waals surface area contributed by atoms with E-state index in [-0.39, 0.29) is 17.7 Å². The Bertz CT molecular complexity index is 1780. The number of hydrogen-bond acceptors (Lipinski definition) is 9. The van der Waals surface area contributed by atoms with Gasteiger partial charge < -0.3 is 10.6 Å². The van der Waals surface area contributed by atoms with Crippen molar-refractivity contribution in [2.24, 2.45) is 18.9 Å². The number of amides is 1. The van der Waals surface area contributed by atoms with Gasteiger partial charge in [-0.05, 0) is 61.3 Å². The number of aromatic nitrogens is 7. The maximum Gasteiger partial charge on any atom is 0.229 e. The SMILES string of the molecule is Cn1cc(-c2ccc(C(C(=O)NCc3ccccc3)[C@H]3CC[C@H](Cc4ncc(C#N)c(NCc5cccnn5)n4)CC3)nc2)cn1. The molecule has 1 unspecified atom stereocenters. The van der Waals surface area contributed by atoms with Crippen molar-refractivity contribution in [1.29, 1.82) is 5.26 Å². The van der Waals surface area contributed by atoms with Crippen molar-refractivity contribution in [2.75, 3.05) is 5.32 Å². The molecule has 1 aromatic carbocycles. The highest BCUT2D eigenvalue weighted by Gasteiger charge is 2.34. The van der Waals surface area contributed by atoms with Gasteiger partial charge in [-0.1, -0.05) is 36.4 Å². The quantitative estimate of drug-likeness (QED) is 0.210. The molecule has 0 aliphatic heterocycles. The molecule has 46 heavy (non-hydrogen) atoms. The van der Waals surface area contributed by atoms with E-state index in [9.17, 15) is 10.1 Å². The van der Waals surface area contributed by atoms with Crippen LogP contribution in [-0.2, 0) is 31.4 Å². The lowest BCUT2D eigenvalue weighted by Gasteiger charge is -2.33. The van der Waals surface area contributed by atoms with E-state index in [0.29, 0.717) is 42.6 Å². The molecule has 1 saturated carbocycles. The summed E-state index contributed by atoms with van der Waals surface area (Å²) < 4.78 is 1.77. The fourth-order valence-electron chi connectivity index (χ4n) is 6.13. The zero-order valence-electron chi connectivity index (χ0n) is 25.8. The minimum absolute atomic E-state index is 0.00294. The highest BCUT2D eigenvalue weighted by molar-refractivity contribution is 5.83. The summed E-state index contributed by atoms with van der Waals surface area (Å²) in [5, 5.41) is 28.3. The lowest BCUT2D eigenvalue weighted by atomic mass is 9.73. The number of aryl methyl sites for hydroxylation is 1. The van der Waals surface area contributed by atoms with Gasteiger partial charge in [-0.15, -0.1) is 0 Å². The number of nitrogens with one attached hydrogen (secondary N) is 2. The molecule has 1 aliphatic carbocycles. The molecule has 11 heteroatoms. The van der Waals surface area contributed by atoms with Gasteiger partial charge >= 0.3 is 0 Å². The van der Waals surface area contributed by atoms with Crippen LogP contribution in [0.3, 0.4) is 0 Å². The Kier molecular flexibility index (Phi) is 9.63. The van der Waals surface area contributed by atoms with Crippen LogP contribution < -0.4 is 10.6 Å². The molecular formula is C35H36N10O. The van der Waals surface area contributed by atoms with E-state index in [4.69, 9.17) is 9.97 Å². The first-order valence-electron chi connectivity index (χ1n) is 15.6. The zero-order chi connectivity index (χ0) is 31.7. The van der Waals surface area contributed by atoms with Crippen LogP contribution in [0, 0.1) is 23.2 Å². The maximum atomic E-state index is 13.8. The highest BCUT2D eigenvalue weighted by Crippen LogP contribution is 2.39. The number of nitriles is 1. The van der Waals surface area contributed by atoms with E-state index >= 15 is 0 Å². The average molecular weight is 613 g/mol. The molecule has 0 radical (unpaired) electrons. The maximum absolute atomic E-state index is 13.8. The van der Waals surface area contributed by atoms with Crippen LogP contribution in [0.15, 0.2) is 85.6 Å². The first-order chi connectivity index (χ1) is 22.6. The van der Waals surface area contributed by atoms with Gasteiger partial charge in [0.15, 0.2) is 0 Å². The molecule has 1 aliphatic rings. The number of anilines is 1. The zero-order valence-corrected chi connectivity index (χ0v) is 25.8. The minimum Gasteiger partial charge on any atom is -0.363 e.